The number of aryl methyl sites for hydroxylation is 1. The van der Waals surface area contributed by atoms with Crippen molar-refractivity contribution in [1.82, 2.24) is 15.6 Å². The predicted octanol–water partition coefficient (Wildman–Crippen LogP) is 1.11. The molecule has 0 radical (unpaired) electrons. The summed E-state index contributed by atoms with van der Waals surface area (Å²) in [6, 6.07) is 4.24. The van der Waals surface area contributed by atoms with Crippen LogP contribution in [0.2, 0.25) is 0 Å². The molecule has 1 saturated carbocycles. The minimum atomic E-state index is -0.0440. The second-order valence-corrected chi connectivity index (χ2v) is 5.29. The van der Waals surface area contributed by atoms with Gasteiger partial charge in [0.15, 0.2) is 0 Å². The molecule has 20 heavy (non-hydrogen) atoms. The van der Waals surface area contributed by atoms with Crippen molar-refractivity contribution in [2.45, 2.75) is 25.8 Å². The quantitative estimate of drug-likeness (QED) is 0.877. The maximum atomic E-state index is 11.9. The van der Waals surface area contributed by atoms with Crippen LogP contribution in [0.25, 0.3) is 0 Å². The van der Waals surface area contributed by atoms with Crippen LogP contribution in [0.15, 0.2) is 12.1 Å². The van der Waals surface area contributed by atoms with E-state index in [0.29, 0.717) is 11.7 Å². The summed E-state index contributed by atoms with van der Waals surface area (Å²) in [6.45, 7) is 5.98. The fourth-order valence-corrected chi connectivity index (χ4v) is 2.41. The molecule has 0 unspecified atom stereocenters. The number of amides is 1. The Bertz CT molecular complexity index is 484. The van der Waals surface area contributed by atoms with E-state index in [1.165, 1.54) is 0 Å². The van der Waals surface area contributed by atoms with Crippen molar-refractivity contribution in [3.05, 3.63) is 23.5 Å². The van der Waals surface area contributed by atoms with Gasteiger partial charge in [-0.25, -0.2) is 4.98 Å². The van der Waals surface area contributed by atoms with E-state index >= 15 is 0 Å². The lowest BCUT2D eigenvalue weighted by Gasteiger charge is -2.30. The van der Waals surface area contributed by atoms with E-state index in [1.807, 2.05) is 19.1 Å². The monoisotopic (exact) mass is 296 g/mol. The van der Waals surface area contributed by atoms with Gasteiger partial charge in [-0.15, -0.1) is 12.4 Å². The third-order valence-corrected chi connectivity index (χ3v) is 3.66. The Morgan fingerprint density at radius 1 is 1.35 bits per heavy atom. The lowest BCUT2D eigenvalue weighted by atomic mass is 10.2. The van der Waals surface area contributed by atoms with E-state index in [9.17, 15) is 4.79 Å². The predicted molar refractivity (Wildman–Crippen MR) is 81.8 cm³/mol. The van der Waals surface area contributed by atoms with E-state index in [1.54, 1.807) is 0 Å². The largest absolute Gasteiger partial charge is 0.368 e. The molecule has 0 aromatic carbocycles. The molecule has 6 heteroatoms. The van der Waals surface area contributed by atoms with E-state index in [4.69, 9.17) is 0 Å². The van der Waals surface area contributed by atoms with E-state index in [-0.39, 0.29) is 18.3 Å². The highest BCUT2D eigenvalue weighted by Gasteiger charge is 2.24. The van der Waals surface area contributed by atoms with Gasteiger partial charge in [-0.05, 0) is 31.9 Å². The van der Waals surface area contributed by atoms with Crippen molar-refractivity contribution >= 4 is 24.0 Å². The first-order chi connectivity index (χ1) is 9.24. The third kappa shape index (κ3) is 3.41. The Balaban J connectivity index is 0.00000147. The van der Waals surface area contributed by atoms with Gasteiger partial charge < -0.3 is 15.5 Å². The molecule has 3 rings (SSSR count). The molecule has 110 valence electrons. The molecule has 5 nitrogen and oxygen atoms in total. The summed E-state index contributed by atoms with van der Waals surface area (Å²) in [7, 11) is 0. The van der Waals surface area contributed by atoms with Crippen LogP contribution in [0.1, 0.15) is 29.0 Å². The number of pyridine rings is 1. The van der Waals surface area contributed by atoms with Crippen LogP contribution in [0.3, 0.4) is 0 Å². The number of piperazine rings is 1. The molecule has 2 N–H and O–H groups in total. The van der Waals surface area contributed by atoms with Gasteiger partial charge in [-0.3, -0.25) is 4.79 Å². The van der Waals surface area contributed by atoms with Gasteiger partial charge in [0.2, 0.25) is 0 Å². The second-order valence-electron chi connectivity index (χ2n) is 5.29. The molecule has 2 heterocycles. The van der Waals surface area contributed by atoms with Crippen LogP contribution in [-0.2, 0) is 0 Å². The molecule has 1 aromatic heterocycles. The fraction of sp³-hybridized carbons (Fsp3) is 0.571. The number of aromatic nitrogens is 1. The molecule has 0 atom stereocenters. The molecule has 1 aliphatic heterocycles. The summed E-state index contributed by atoms with van der Waals surface area (Å²) >= 11 is 0. The minimum Gasteiger partial charge on any atom is -0.368 e. The Kier molecular flexibility index (Phi) is 4.83. The first-order valence-electron chi connectivity index (χ1n) is 6.98. The van der Waals surface area contributed by atoms with Crippen molar-refractivity contribution in [2.75, 3.05) is 31.1 Å². The number of carbonyl (C=O) groups is 1. The first-order valence-corrected chi connectivity index (χ1v) is 6.98. The van der Waals surface area contributed by atoms with Gasteiger partial charge in [0, 0.05) is 32.2 Å². The van der Waals surface area contributed by atoms with Crippen LogP contribution in [0.5, 0.6) is 0 Å². The Labute approximate surface area is 125 Å². The molecule has 1 amide bonds. The van der Waals surface area contributed by atoms with Gasteiger partial charge in [0.25, 0.3) is 5.91 Å². The number of halogens is 1. The highest BCUT2D eigenvalue weighted by Crippen LogP contribution is 2.21. The summed E-state index contributed by atoms with van der Waals surface area (Å²) < 4.78 is 0. The lowest BCUT2D eigenvalue weighted by Crippen LogP contribution is -2.44. The summed E-state index contributed by atoms with van der Waals surface area (Å²) in [6.07, 6.45) is 2.20. The Morgan fingerprint density at radius 2 is 2.05 bits per heavy atom. The van der Waals surface area contributed by atoms with Crippen LogP contribution in [0, 0.1) is 6.92 Å². The fourth-order valence-electron chi connectivity index (χ4n) is 2.41. The SMILES string of the molecule is Cc1nc(C(=O)NC2CC2)ccc1N1CCNCC1.Cl. The molecular weight excluding hydrogens is 276 g/mol. The summed E-state index contributed by atoms with van der Waals surface area (Å²) in [5, 5.41) is 6.31. The highest BCUT2D eigenvalue weighted by molar-refractivity contribution is 5.93. The van der Waals surface area contributed by atoms with Crippen molar-refractivity contribution in [2.24, 2.45) is 0 Å². The van der Waals surface area contributed by atoms with Gasteiger partial charge in [0.05, 0.1) is 11.4 Å². The maximum absolute atomic E-state index is 11.9. The van der Waals surface area contributed by atoms with Crippen molar-refractivity contribution in [3.8, 4) is 0 Å². The van der Waals surface area contributed by atoms with Crippen LogP contribution < -0.4 is 15.5 Å². The molecule has 2 aliphatic rings. The molecular formula is C14H21ClN4O. The average Bonchev–Trinajstić information content (AvgIpc) is 3.23. The standard InChI is InChI=1S/C14H20N4O.ClH/c1-10-13(18-8-6-15-7-9-18)5-4-12(16-10)14(19)17-11-2-3-11;/h4-5,11,15H,2-3,6-9H2,1H3,(H,17,19);1H. The van der Waals surface area contributed by atoms with Gasteiger partial charge in [-0.2, -0.15) is 0 Å². The smallest absolute Gasteiger partial charge is 0.270 e. The summed E-state index contributed by atoms with van der Waals surface area (Å²) in [5.41, 5.74) is 2.61. The zero-order chi connectivity index (χ0) is 13.2. The molecule has 0 spiro atoms. The summed E-state index contributed by atoms with van der Waals surface area (Å²) in [5.74, 6) is -0.0440. The minimum absolute atomic E-state index is 0. The van der Waals surface area contributed by atoms with Crippen molar-refractivity contribution in [3.63, 3.8) is 0 Å². The van der Waals surface area contributed by atoms with E-state index in [2.05, 4.69) is 20.5 Å². The number of nitrogens with one attached hydrogen (secondary N) is 2. The van der Waals surface area contributed by atoms with Gasteiger partial charge in [-0.1, -0.05) is 0 Å². The maximum Gasteiger partial charge on any atom is 0.270 e. The first kappa shape index (κ1) is 15.1. The third-order valence-electron chi connectivity index (χ3n) is 3.66. The molecule has 1 saturated heterocycles. The number of rotatable bonds is 3. The Morgan fingerprint density at radius 3 is 2.65 bits per heavy atom. The summed E-state index contributed by atoms with van der Waals surface area (Å²) in [4.78, 5) is 18.7. The van der Waals surface area contributed by atoms with Crippen LogP contribution in [0.4, 0.5) is 5.69 Å². The zero-order valence-corrected chi connectivity index (χ0v) is 12.5. The highest BCUT2D eigenvalue weighted by atomic mass is 35.5. The molecule has 1 aliphatic carbocycles. The van der Waals surface area contributed by atoms with Crippen molar-refractivity contribution in [1.29, 1.82) is 0 Å². The molecule has 1 aromatic rings. The van der Waals surface area contributed by atoms with E-state index < -0.39 is 0 Å². The molecule has 2 fully saturated rings. The average molecular weight is 297 g/mol. The number of hydrogen-bond donors (Lipinski definition) is 2. The second kappa shape index (κ2) is 6.41. The Hall–Kier alpha value is -1.33. The van der Waals surface area contributed by atoms with Crippen molar-refractivity contribution < 1.29 is 4.79 Å². The number of hydrogen-bond acceptors (Lipinski definition) is 4. The normalized spacial score (nSPS) is 18.4. The number of nitrogens with zero attached hydrogens (tertiary/aromatic N) is 2. The van der Waals surface area contributed by atoms with Crippen LogP contribution in [-0.4, -0.2) is 43.1 Å². The number of anilines is 1. The van der Waals surface area contributed by atoms with E-state index in [0.717, 1.165) is 50.4 Å². The lowest BCUT2D eigenvalue weighted by molar-refractivity contribution is 0.0946. The van der Waals surface area contributed by atoms with Gasteiger partial charge in [0.1, 0.15) is 5.69 Å². The topological polar surface area (TPSA) is 57.3 Å². The van der Waals surface area contributed by atoms with Gasteiger partial charge >= 0.3 is 0 Å². The zero-order valence-electron chi connectivity index (χ0n) is 11.7. The molecule has 0 bridgehead atoms. The van der Waals surface area contributed by atoms with Crippen LogP contribution >= 0.6 is 12.4 Å². The number of carbonyl (C=O) groups excluding carboxylic acids is 1.